The van der Waals surface area contributed by atoms with Crippen molar-refractivity contribution in [3.63, 3.8) is 0 Å². The highest BCUT2D eigenvalue weighted by atomic mass is 16.5. The van der Waals surface area contributed by atoms with Crippen molar-refractivity contribution in [3.8, 4) is 23.0 Å². The summed E-state index contributed by atoms with van der Waals surface area (Å²) in [6.45, 7) is -0.0637. The van der Waals surface area contributed by atoms with Crippen LogP contribution in [0.15, 0.2) is 59.2 Å². The van der Waals surface area contributed by atoms with E-state index in [1.54, 1.807) is 6.07 Å². The number of aromatic hydroxyl groups is 1. The van der Waals surface area contributed by atoms with Crippen LogP contribution in [0, 0.1) is 0 Å². The van der Waals surface area contributed by atoms with Gasteiger partial charge in [-0.25, -0.2) is 9.78 Å². The number of esters is 1. The van der Waals surface area contributed by atoms with Gasteiger partial charge >= 0.3 is 5.97 Å². The zero-order valence-electron chi connectivity index (χ0n) is 12.9. The number of ether oxygens (including phenoxy) is 2. The first-order valence-electron chi connectivity index (χ1n) is 7.21. The monoisotopic (exact) mass is 325 g/mol. The number of phenols is 1. The van der Waals surface area contributed by atoms with Gasteiger partial charge in [0, 0.05) is 5.56 Å². The predicted octanol–water partition coefficient (Wildman–Crippen LogP) is 3.41. The molecule has 0 spiro atoms. The third kappa shape index (κ3) is 3.38. The number of carbonyl (C=O) groups is 1. The molecule has 0 aliphatic carbocycles. The number of aromatic nitrogens is 1. The number of phenolic OH excluding ortho intramolecular Hbond substituents is 1. The van der Waals surface area contributed by atoms with Crippen LogP contribution in [0.2, 0.25) is 0 Å². The van der Waals surface area contributed by atoms with Gasteiger partial charge in [0.25, 0.3) is 0 Å². The summed E-state index contributed by atoms with van der Waals surface area (Å²) in [6, 6.07) is 13.7. The summed E-state index contributed by atoms with van der Waals surface area (Å²) in [5.41, 5.74) is 1.34. The zero-order chi connectivity index (χ0) is 16.9. The average Bonchev–Trinajstić information content (AvgIpc) is 3.10. The van der Waals surface area contributed by atoms with Gasteiger partial charge in [0.05, 0.1) is 7.11 Å². The van der Waals surface area contributed by atoms with Gasteiger partial charge in [-0.3, -0.25) is 0 Å². The number of oxazole rings is 1. The lowest BCUT2D eigenvalue weighted by molar-refractivity contribution is 0.0464. The van der Waals surface area contributed by atoms with Crippen LogP contribution in [0.5, 0.6) is 11.5 Å². The van der Waals surface area contributed by atoms with Gasteiger partial charge < -0.3 is 19.0 Å². The van der Waals surface area contributed by atoms with Gasteiger partial charge in [-0.2, -0.15) is 0 Å². The maximum atomic E-state index is 12.1. The van der Waals surface area contributed by atoms with Crippen molar-refractivity contribution in [2.45, 2.75) is 6.61 Å². The summed E-state index contributed by atoms with van der Waals surface area (Å²) < 4.78 is 15.6. The first kappa shape index (κ1) is 15.6. The van der Waals surface area contributed by atoms with E-state index in [4.69, 9.17) is 13.9 Å². The molecule has 0 fully saturated rings. The number of methoxy groups -OCH3 is 1. The lowest BCUT2D eigenvalue weighted by Crippen LogP contribution is -2.06. The molecular weight excluding hydrogens is 310 g/mol. The summed E-state index contributed by atoms with van der Waals surface area (Å²) in [4.78, 5) is 16.4. The predicted molar refractivity (Wildman–Crippen MR) is 85.7 cm³/mol. The van der Waals surface area contributed by atoms with Crippen LogP contribution in [0.3, 0.4) is 0 Å². The lowest BCUT2D eigenvalue weighted by atomic mass is 10.2. The first-order valence-corrected chi connectivity index (χ1v) is 7.21. The Kier molecular flexibility index (Phi) is 4.47. The van der Waals surface area contributed by atoms with Crippen molar-refractivity contribution in [2.24, 2.45) is 0 Å². The maximum Gasteiger partial charge on any atom is 0.342 e. The van der Waals surface area contributed by atoms with Gasteiger partial charge in [-0.05, 0) is 30.3 Å². The van der Waals surface area contributed by atoms with E-state index in [0.29, 0.717) is 17.3 Å². The minimum atomic E-state index is -0.671. The summed E-state index contributed by atoms with van der Waals surface area (Å²) in [6.07, 6.45) is 1.43. The summed E-state index contributed by atoms with van der Waals surface area (Å²) >= 11 is 0. The molecule has 0 unspecified atom stereocenters. The second-order valence-corrected chi connectivity index (χ2v) is 4.97. The molecule has 3 aromatic rings. The smallest absolute Gasteiger partial charge is 0.342 e. The molecule has 24 heavy (non-hydrogen) atoms. The highest BCUT2D eigenvalue weighted by Gasteiger charge is 2.15. The van der Waals surface area contributed by atoms with E-state index < -0.39 is 5.97 Å². The molecule has 1 heterocycles. The molecule has 122 valence electrons. The summed E-state index contributed by atoms with van der Waals surface area (Å²) in [7, 11) is 1.47. The van der Waals surface area contributed by atoms with Crippen LogP contribution >= 0.6 is 0 Å². The van der Waals surface area contributed by atoms with Gasteiger partial charge in [0.1, 0.15) is 35.6 Å². The normalized spacial score (nSPS) is 10.4. The molecule has 6 heteroatoms. The lowest BCUT2D eigenvalue weighted by Gasteiger charge is -2.06. The average molecular weight is 325 g/mol. The number of benzene rings is 2. The first-order chi connectivity index (χ1) is 11.7. The summed E-state index contributed by atoms with van der Waals surface area (Å²) in [5.74, 6) is 0.0556. The van der Waals surface area contributed by atoms with Crippen LogP contribution in [0.1, 0.15) is 16.1 Å². The van der Waals surface area contributed by atoms with Crippen molar-refractivity contribution in [1.82, 2.24) is 4.98 Å². The molecule has 0 amide bonds. The van der Waals surface area contributed by atoms with Crippen molar-refractivity contribution < 1.29 is 23.8 Å². The molecular formula is C18H15NO5. The fourth-order valence-corrected chi connectivity index (χ4v) is 2.11. The minimum Gasteiger partial charge on any atom is -0.507 e. The molecule has 0 radical (unpaired) electrons. The van der Waals surface area contributed by atoms with Crippen molar-refractivity contribution in [3.05, 3.63) is 66.1 Å². The molecule has 0 atom stereocenters. The van der Waals surface area contributed by atoms with Gasteiger partial charge in [-0.1, -0.05) is 18.2 Å². The third-order valence-corrected chi connectivity index (χ3v) is 3.35. The van der Waals surface area contributed by atoms with Crippen molar-refractivity contribution in [1.29, 1.82) is 0 Å². The van der Waals surface area contributed by atoms with Crippen LogP contribution < -0.4 is 4.74 Å². The molecule has 2 aromatic carbocycles. The van der Waals surface area contributed by atoms with E-state index >= 15 is 0 Å². The Balaban J connectivity index is 1.68. The summed E-state index contributed by atoms with van der Waals surface area (Å²) in [5, 5.41) is 9.76. The molecule has 1 N–H and O–H groups in total. The SMILES string of the molecule is COc1ccc(O)c(C(=O)OCc2coc(-c3ccccc3)n2)c1. The van der Waals surface area contributed by atoms with Crippen LogP contribution in [-0.2, 0) is 11.3 Å². The number of rotatable bonds is 5. The number of hydrogen-bond donors (Lipinski definition) is 1. The topological polar surface area (TPSA) is 81.8 Å². The van der Waals surface area contributed by atoms with E-state index in [0.717, 1.165) is 5.56 Å². The van der Waals surface area contributed by atoms with E-state index in [1.165, 1.54) is 25.5 Å². The second-order valence-electron chi connectivity index (χ2n) is 4.97. The fourth-order valence-electron chi connectivity index (χ4n) is 2.11. The minimum absolute atomic E-state index is 0.0288. The Hall–Kier alpha value is -3.28. The Labute approximate surface area is 138 Å². The Morgan fingerprint density at radius 2 is 2.00 bits per heavy atom. The number of hydrogen-bond acceptors (Lipinski definition) is 6. The molecule has 0 bridgehead atoms. The molecule has 0 aliphatic rings. The van der Waals surface area contributed by atoms with Crippen molar-refractivity contribution in [2.75, 3.05) is 7.11 Å². The molecule has 0 saturated carbocycles. The highest BCUT2D eigenvalue weighted by Crippen LogP contribution is 2.24. The number of carbonyl (C=O) groups excluding carboxylic acids is 1. The van der Waals surface area contributed by atoms with Crippen LogP contribution in [0.25, 0.3) is 11.5 Å². The van der Waals surface area contributed by atoms with Gasteiger partial charge in [0.2, 0.25) is 5.89 Å². The molecule has 0 saturated heterocycles. The zero-order valence-corrected chi connectivity index (χ0v) is 12.9. The van der Waals surface area contributed by atoms with Crippen LogP contribution in [-0.4, -0.2) is 23.2 Å². The van der Waals surface area contributed by atoms with E-state index in [1.807, 2.05) is 30.3 Å². The molecule has 1 aromatic heterocycles. The van der Waals surface area contributed by atoms with E-state index in [9.17, 15) is 9.90 Å². The Morgan fingerprint density at radius 3 is 2.75 bits per heavy atom. The van der Waals surface area contributed by atoms with E-state index in [2.05, 4.69) is 4.98 Å². The van der Waals surface area contributed by atoms with Gasteiger partial charge in [-0.15, -0.1) is 0 Å². The second kappa shape index (κ2) is 6.87. The van der Waals surface area contributed by atoms with Crippen molar-refractivity contribution >= 4 is 5.97 Å². The third-order valence-electron chi connectivity index (χ3n) is 3.35. The van der Waals surface area contributed by atoms with E-state index in [-0.39, 0.29) is 17.9 Å². The molecule has 6 nitrogen and oxygen atoms in total. The van der Waals surface area contributed by atoms with Gasteiger partial charge in [0.15, 0.2) is 0 Å². The molecule has 3 rings (SSSR count). The number of nitrogens with zero attached hydrogens (tertiary/aromatic N) is 1. The Bertz CT molecular complexity index is 842. The highest BCUT2D eigenvalue weighted by molar-refractivity contribution is 5.92. The Morgan fingerprint density at radius 1 is 1.21 bits per heavy atom. The quantitative estimate of drug-likeness (QED) is 0.724. The molecule has 0 aliphatic heterocycles. The maximum absolute atomic E-state index is 12.1. The van der Waals surface area contributed by atoms with Crippen LogP contribution in [0.4, 0.5) is 0 Å². The fraction of sp³-hybridized carbons (Fsp3) is 0.111. The standard InChI is InChI=1S/C18H15NO5/c1-22-14-7-8-16(20)15(9-14)18(21)24-11-13-10-23-17(19-13)12-5-3-2-4-6-12/h2-10,20H,11H2,1H3. The largest absolute Gasteiger partial charge is 0.507 e.